The molecule has 25 heavy (non-hydrogen) atoms. The summed E-state index contributed by atoms with van der Waals surface area (Å²) in [6.45, 7) is 4.73. The highest BCUT2D eigenvalue weighted by molar-refractivity contribution is 7.99. The number of nitrogens with one attached hydrogen (secondary N) is 1. The highest BCUT2D eigenvalue weighted by Gasteiger charge is 2.10. The van der Waals surface area contributed by atoms with Crippen molar-refractivity contribution in [2.24, 2.45) is 0 Å². The molecular formula is C20H24ClNO2S. The van der Waals surface area contributed by atoms with Crippen molar-refractivity contribution < 1.29 is 9.53 Å². The molecule has 0 saturated carbocycles. The molecule has 5 heteroatoms. The third-order valence-corrected chi connectivity index (χ3v) is 5.05. The van der Waals surface area contributed by atoms with Gasteiger partial charge in [-0.15, -0.1) is 11.8 Å². The number of thioether (sulfide) groups is 1. The Morgan fingerprint density at radius 1 is 1.08 bits per heavy atom. The van der Waals surface area contributed by atoms with Gasteiger partial charge in [0.05, 0.1) is 17.4 Å². The van der Waals surface area contributed by atoms with Gasteiger partial charge in [-0.05, 0) is 36.1 Å². The second kappa shape index (κ2) is 10.4. The lowest BCUT2D eigenvalue weighted by Gasteiger charge is -2.14. The molecule has 0 heterocycles. The quantitative estimate of drug-likeness (QED) is 0.609. The molecule has 3 nitrogen and oxygen atoms in total. The Hall–Kier alpha value is -1.65. The lowest BCUT2D eigenvalue weighted by Crippen LogP contribution is -2.17. The van der Waals surface area contributed by atoms with E-state index in [1.807, 2.05) is 24.3 Å². The molecule has 0 aliphatic carbocycles. The Bertz CT molecular complexity index is 684. The first kappa shape index (κ1) is 19.7. The van der Waals surface area contributed by atoms with Gasteiger partial charge in [0, 0.05) is 11.4 Å². The molecule has 134 valence electrons. The van der Waals surface area contributed by atoms with Crippen LogP contribution in [0.4, 0.5) is 5.69 Å². The zero-order chi connectivity index (χ0) is 18.1. The minimum absolute atomic E-state index is 0.0262. The van der Waals surface area contributed by atoms with Gasteiger partial charge < -0.3 is 10.1 Å². The third-order valence-electron chi connectivity index (χ3n) is 3.82. The van der Waals surface area contributed by atoms with Crippen molar-refractivity contribution in [3.05, 3.63) is 58.6 Å². The van der Waals surface area contributed by atoms with Gasteiger partial charge in [-0.3, -0.25) is 4.79 Å². The second-order valence-corrected chi connectivity index (χ2v) is 7.05. The zero-order valence-corrected chi connectivity index (χ0v) is 16.3. The predicted octanol–water partition coefficient (Wildman–Crippen LogP) is 5.22. The average Bonchev–Trinajstić information content (AvgIpc) is 2.63. The lowest BCUT2D eigenvalue weighted by atomic mass is 10.0. The van der Waals surface area contributed by atoms with Crippen molar-refractivity contribution in [3.63, 3.8) is 0 Å². The number of amides is 1. The van der Waals surface area contributed by atoms with E-state index >= 15 is 0 Å². The van der Waals surface area contributed by atoms with Gasteiger partial charge in [-0.1, -0.05) is 55.8 Å². The molecule has 0 spiro atoms. The predicted molar refractivity (Wildman–Crippen MR) is 108 cm³/mol. The minimum atomic E-state index is 0.0262. The van der Waals surface area contributed by atoms with Crippen LogP contribution in [0, 0.1) is 0 Å². The molecule has 0 fully saturated rings. The molecule has 0 unspecified atom stereocenters. The van der Waals surface area contributed by atoms with E-state index in [0.29, 0.717) is 23.1 Å². The molecule has 2 aromatic carbocycles. The molecular weight excluding hydrogens is 354 g/mol. The smallest absolute Gasteiger partial charge is 0.234 e. The fourth-order valence-corrected chi connectivity index (χ4v) is 3.31. The van der Waals surface area contributed by atoms with Crippen molar-refractivity contribution in [2.45, 2.75) is 26.7 Å². The van der Waals surface area contributed by atoms with Crippen LogP contribution in [0.1, 0.15) is 25.0 Å². The van der Waals surface area contributed by atoms with Gasteiger partial charge in [0.1, 0.15) is 5.75 Å². The Morgan fingerprint density at radius 3 is 2.40 bits per heavy atom. The Balaban J connectivity index is 1.77. The van der Waals surface area contributed by atoms with Crippen LogP contribution in [0.5, 0.6) is 5.75 Å². The number of carbonyl (C=O) groups excluding carboxylic acids is 1. The number of hydrogen-bond donors (Lipinski definition) is 1. The summed E-state index contributed by atoms with van der Waals surface area (Å²) in [5, 5.41) is 3.68. The molecule has 0 aliphatic rings. The highest BCUT2D eigenvalue weighted by atomic mass is 35.5. The molecule has 2 aromatic rings. The second-order valence-electron chi connectivity index (χ2n) is 5.54. The highest BCUT2D eigenvalue weighted by Crippen LogP contribution is 2.24. The molecule has 0 bridgehead atoms. The van der Waals surface area contributed by atoms with Crippen molar-refractivity contribution in [1.82, 2.24) is 0 Å². The number of carbonyl (C=O) groups is 1. The number of rotatable bonds is 9. The van der Waals surface area contributed by atoms with E-state index in [1.54, 1.807) is 17.8 Å². The van der Waals surface area contributed by atoms with Crippen LogP contribution in [0.3, 0.4) is 0 Å². The van der Waals surface area contributed by atoms with Gasteiger partial charge >= 0.3 is 0 Å². The van der Waals surface area contributed by atoms with Gasteiger partial charge in [0.15, 0.2) is 0 Å². The number of aryl methyl sites for hydroxylation is 2. The summed E-state index contributed by atoms with van der Waals surface area (Å²) in [6.07, 6.45) is 1.81. The summed E-state index contributed by atoms with van der Waals surface area (Å²) in [4.78, 5) is 12.2. The number of anilines is 1. The van der Waals surface area contributed by atoms with E-state index in [-0.39, 0.29) is 5.91 Å². The Kier molecular flexibility index (Phi) is 8.16. The molecule has 0 radical (unpaired) electrons. The largest absolute Gasteiger partial charge is 0.491 e. The van der Waals surface area contributed by atoms with Crippen LogP contribution in [-0.4, -0.2) is 24.0 Å². The molecule has 0 saturated heterocycles. The number of para-hydroxylation sites is 2. The first-order chi connectivity index (χ1) is 12.2. The molecule has 0 aliphatic heterocycles. The number of ether oxygens (including phenoxy) is 1. The first-order valence-corrected chi connectivity index (χ1v) is 10.0. The van der Waals surface area contributed by atoms with Crippen LogP contribution in [0.25, 0.3) is 0 Å². The average molecular weight is 378 g/mol. The third kappa shape index (κ3) is 5.98. The summed E-state index contributed by atoms with van der Waals surface area (Å²) in [7, 11) is 0. The lowest BCUT2D eigenvalue weighted by molar-refractivity contribution is -0.113. The van der Waals surface area contributed by atoms with Gasteiger partial charge in [0.2, 0.25) is 5.91 Å². The molecule has 0 atom stereocenters. The maximum absolute atomic E-state index is 12.2. The molecule has 1 N–H and O–H groups in total. The summed E-state index contributed by atoms with van der Waals surface area (Å²) in [6, 6.07) is 13.6. The number of halogens is 1. The van der Waals surface area contributed by atoms with Crippen LogP contribution in [0.2, 0.25) is 5.02 Å². The number of hydrogen-bond acceptors (Lipinski definition) is 3. The van der Waals surface area contributed by atoms with Crippen molar-refractivity contribution >= 4 is 35.0 Å². The maximum Gasteiger partial charge on any atom is 0.234 e. The van der Waals surface area contributed by atoms with E-state index in [1.165, 1.54) is 11.1 Å². The molecule has 2 rings (SSSR count). The summed E-state index contributed by atoms with van der Waals surface area (Å²) < 4.78 is 5.63. The van der Waals surface area contributed by atoms with E-state index in [2.05, 4.69) is 31.3 Å². The van der Waals surface area contributed by atoms with E-state index in [4.69, 9.17) is 16.3 Å². The SMILES string of the molecule is CCc1cccc(CC)c1NC(=O)CSCCOc1ccccc1Cl. The van der Waals surface area contributed by atoms with Gasteiger partial charge in [-0.2, -0.15) is 0 Å². The fraction of sp³-hybridized carbons (Fsp3) is 0.350. The topological polar surface area (TPSA) is 38.3 Å². The normalized spacial score (nSPS) is 10.5. The van der Waals surface area contributed by atoms with E-state index in [0.717, 1.165) is 24.3 Å². The van der Waals surface area contributed by atoms with Gasteiger partial charge in [-0.25, -0.2) is 0 Å². The fourth-order valence-electron chi connectivity index (χ4n) is 2.52. The Labute approximate surface area is 159 Å². The zero-order valence-electron chi connectivity index (χ0n) is 14.7. The summed E-state index contributed by atoms with van der Waals surface area (Å²) >= 11 is 7.59. The first-order valence-electron chi connectivity index (χ1n) is 8.51. The van der Waals surface area contributed by atoms with Crippen LogP contribution in [-0.2, 0) is 17.6 Å². The van der Waals surface area contributed by atoms with Crippen molar-refractivity contribution in [3.8, 4) is 5.75 Å². The van der Waals surface area contributed by atoms with Crippen LogP contribution in [0.15, 0.2) is 42.5 Å². The summed E-state index contributed by atoms with van der Waals surface area (Å²) in [5.74, 6) is 1.85. The van der Waals surface area contributed by atoms with Crippen molar-refractivity contribution in [2.75, 3.05) is 23.4 Å². The van der Waals surface area contributed by atoms with Gasteiger partial charge in [0.25, 0.3) is 0 Å². The maximum atomic E-state index is 12.2. The van der Waals surface area contributed by atoms with E-state index in [9.17, 15) is 4.79 Å². The van der Waals surface area contributed by atoms with Crippen LogP contribution < -0.4 is 10.1 Å². The number of benzene rings is 2. The molecule has 1 amide bonds. The standard InChI is InChI=1S/C20H24ClNO2S/c1-3-15-8-7-9-16(4-2)20(15)22-19(23)14-25-13-12-24-18-11-6-5-10-17(18)21/h5-11H,3-4,12-14H2,1-2H3,(H,22,23). The van der Waals surface area contributed by atoms with E-state index < -0.39 is 0 Å². The van der Waals surface area contributed by atoms with Crippen LogP contribution >= 0.6 is 23.4 Å². The monoisotopic (exact) mass is 377 g/mol. The minimum Gasteiger partial charge on any atom is -0.491 e. The Morgan fingerprint density at radius 2 is 1.76 bits per heavy atom. The van der Waals surface area contributed by atoms with Crippen molar-refractivity contribution in [1.29, 1.82) is 0 Å². The summed E-state index contributed by atoms with van der Waals surface area (Å²) in [5.41, 5.74) is 3.34. The molecule has 0 aromatic heterocycles.